The summed E-state index contributed by atoms with van der Waals surface area (Å²) in [4.78, 5) is 14.2. The Hall–Kier alpha value is -1.50. The lowest BCUT2D eigenvalue weighted by molar-refractivity contribution is -0.140. The maximum absolute atomic E-state index is 12.6. The third-order valence-electron chi connectivity index (χ3n) is 3.82. The standard InChI is InChI=1S/C14H20F3N3O/c1-10(18)11-5-2-3-8-20(11)13(21)12-6-4-7-19(12)9-14(15,16)17/h4,6-7,10-11H,2-3,5,8-9,18H2,1H3. The van der Waals surface area contributed by atoms with Crippen LogP contribution < -0.4 is 5.73 Å². The van der Waals surface area contributed by atoms with Gasteiger partial charge in [0.25, 0.3) is 5.91 Å². The fraction of sp³-hybridized carbons (Fsp3) is 0.643. The fourth-order valence-electron chi connectivity index (χ4n) is 2.84. The van der Waals surface area contributed by atoms with Crippen molar-refractivity contribution >= 4 is 5.91 Å². The Kier molecular flexibility index (Phi) is 4.61. The molecular formula is C14H20F3N3O. The first-order valence-corrected chi connectivity index (χ1v) is 7.08. The number of nitrogens with zero attached hydrogens (tertiary/aromatic N) is 2. The van der Waals surface area contributed by atoms with Gasteiger partial charge in [0, 0.05) is 24.8 Å². The molecule has 0 spiro atoms. The Balaban J connectivity index is 2.21. The van der Waals surface area contributed by atoms with Gasteiger partial charge < -0.3 is 15.2 Å². The molecule has 2 N–H and O–H groups in total. The molecule has 0 aromatic carbocycles. The van der Waals surface area contributed by atoms with Crippen molar-refractivity contribution in [2.45, 2.75) is 51.0 Å². The number of carbonyl (C=O) groups is 1. The van der Waals surface area contributed by atoms with Crippen molar-refractivity contribution in [1.82, 2.24) is 9.47 Å². The van der Waals surface area contributed by atoms with E-state index in [4.69, 9.17) is 5.73 Å². The summed E-state index contributed by atoms with van der Waals surface area (Å²) >= 11 is 0. The minimum atomic E-state index is -4.35. The molecule has 2 heterocycles. The van der Waals surface area contributed by atoms with Gasteiger partial charge in [-0.3, -0.25) is 4.79 Å². The molecule has 21 heavy (non-hydrogen) atoms. The highest BCUT2D eigenvalue weighted by molar-refractivity contribution is 5.93. The Morgan fingerprint density at radius 1 is 1.48 bits per heavy atom. The van der Waals surface area contributed by atoms with Gasteiger partial charge in [0.1, 0.15) is 12.2 Å². The monoisotopic (exact) mass is 303 g/mol. The van der Waals surface area contributed by atoms with E-state index in [1.807, 2.05) is 6.92 Å². The minimum Gasteiger partial charge on any atom is -0.334 e. The van der Waals surface area contributed by atoms with Crippen LogP contribution in [0.25, 0.3) is 0 Å². The molecule has 1 saturated heterocycles. The lowest BCUT2D eigenvalue weighted by atomic mass is 9.96. The van der Waals surface area contributed by atoms with Crippen LogP contribution in [0.15, 0.2) is 18.3 Å². The number of rotatable bonds is 3. The van der Waals surface area contributed by atoms with E-state index in [1.165, 1.54) is 18.3 Å². The van der Waals surface area contributed by atoms with Crippen LogP contribution in [-0.2, 0) is 6.54 Å². The first kappa shape index (κ1) is 15.9. The van der Waals surface area contributed by atoms with Gasteiger partial charge in [0.15, 0.2) is 0 Å². The quantitative estimate of drug-likeness (QED) is 0.932. The van der Waals surface area contributed by atoms with Gasteiger partial charge in [0.05, 0.1) is 0 Å². The fourth-order valence-corrected chi connectivity index (χ4v) is 2.84. The van der Waals surface area contributed by atoms with E-state index < -0.39 is 12.7 Å². The van der Waals surface area contributed by atoms with Crippen molar-refractivity contribution in [3.8, 4) is 0 Å². The van der Waals surface area contributed by atoms with Crippen molar-refractivity contribution < 1.29 is 18.0 Å². The van der Waals surface area contributed by atoms with Gasteiger partial charge in [-0.1, -0.05) is 0 Å². The lowest BCUT2D eigenvalue weighted by Gasteiger charge is -2.38. The van der Waals surface area contributed by atoms with E-state index in [0.29, 0.717) is 6.54 Å². The second kappa shape index (κ2) is 6.09. The molecule has 1 aliphatic rings. The van der Waals surface area contributed by atoms with Crippen LogP contribution in [0.3, 0.4) is 0 Å². The van der Waals surface area contributed by atoms with Crippen LogP contribution in [0, 0.1) is 0 Å². The summed E-state index contributed by atoms with van der Waals surface area (Å²) in [6.07, 6.45) is -0.431. The molecule has 0 aliphatic carbocycles. The van der Waals surface area contributed by atoms with Crippen LogP contribution in [0.2, 0.25) is 0 Å². The predicted molar refractivity (Wildman–Crippen MR) is 72.8 cm³/mol. The second-order valence-corrected chi connectivity index (χ2v) is 5.56. The normalized spacial score (nSPS) is 21.4. The van der Waals surface area contributed by atoms with Crippen LogP contribution in [0.4, 0.5) is 13.2 Å². The molecule has 0 saturated carbocycles. The zero-order valence-electron chi connectivity index (χ0n) is 11.9. The molecule has 7 heteroatoms. The van der Waals surface area contributed by atoms with Crippen molar-refractivity contribution in [3.63, 3.8) is 0 Å². The molecular weight excluding hydrogens is 283 g/mol. The van der Waals surface area contributed by atoms with Crippen molar-refractivity contribution in [2.75, 3.05) is 6.54 Å². The van der Waals surface area contributed by atoms with E-state index >= 15 is 0 Å². The zero-order valence-corrected chi connectivity index (χ0v) is 11.9. The number of likely N-dealkylation sites (tertiary alicyclic amines) is 1. The zero-order chi connectivity index (χ0) is 15.6. The number of hydrogen-bond acceptors (Lipinski definition) is 2. The minimum absolute atomic E-state index is 0.0693. The largest absolute Gasteiger partial charge is 0.406 e. The number of amides is 1. The molecule has 1 amide bonds. The maximum Gasteiger partial charge on any atom is 0.406 e. The molecule has 2 rings (SSSR count). The molecule has 1 fully saturated rings. The summed E-state index contributed by atoms with van der Waals surface area (Å²) in [5, 5.41) is 0. The summed E-state index contributed by atoms with van der Waals surface area (Å²) in [6, 6.07) is 2.59. The Morgan fingerprint density at radius 2 is 2.19 bits per heavy atom. The maximum atomic E-state index is 12.6. The molecule has 2 atom stereocenters. The molecule has 1 aliphatic heterocycles. The average molecular weight is 303 g/mol. The molecule has 1 aromatic rings. The summed E-state index contributed by atoms with van der Waals surface area (Å²) in [7, 11) is 0. The number of nitrogens with two attached hydrogens (primary N) is 1. The van der Waals surface area contributed by atoms with Gasteiger partial charge in [-0.2, -0.15) is 13.2 Å². The van der Waals surface area contributed by atoms with Gasteiger partial charge in [-0.05, 0) is 38.3 Å². The number of hydrogen-bond donors (Lipinski definition) is 1. The van der Waals surface area contributed by atoms with Crippen LogP contribution in [-0.4, -0.2) is 40.2 Å². The number of piperidine rings is 1. The van der Waals surface area contributed by atoms with Gasteiger partial charge >= 0.3 is 6.18 Å². The second-order valence-electron chi connectivity index (χ2n) is 5.56. The third-order valence-corrected chi connectivity index (χ3v) is 3.82. The van der Waals surface area contributed by atoms with E-state index in [9.17, 15) is 18.0 Å². The predicted octanol–water partition coefficient (Wildman–Crippen LogP) is 2.39. The molecule has 2 unspecified atom stereocenters. The van der Waals surface area contributed by atoms with Gasteiger partial charge in [-0.25, -0.2) is 0 Å². The smallest absolute Gasteiger partial charge is 0.334 e. The Labute approximate surface area is 121 Å². The van der Waals surface area contributed by atoms with Crippen molar-refractivity contribution in [1.29, 1.82) is 0 Å². The van der Waals surface area contributed by atoms with E-state index in [2.05, 4.69) is 0 Å². The first-order valence-electron chi connectivity index (χ1n) is 7.08. The topological polar surface area (TPSA) is 51.3 Å². The van der Waals surface area contributed by atoms with E-state index in [0.717, 1.165) is 23.8 Å². The van der Waals surface area contributed by atoms with Gasteiger partial charge in [0.2, 0.25) is 0 Å². The van der Waals surface area contributed by atoms with Crippen LogP contribution >= 0.6 is 0 Å². The highest BCUT2D eigenvalue weighted by atomic mass is 19.4. The molecule has 0 bridgehead atoms. The summed E-state index contributed by atoms with van der Waals surface area (Å²) in [5.41, 5.74) is 5.98. The number of carbonyl (C=O) groups excluding carboxylic acids is 1. The Morgan fingerprint density at radius 3 is 2.81 bits per heavy atom. The molecule has 4 nitrogen and oxygen atoms in total. The lowest BCUT2D eigenvalue weighted by Crippen LogP contribution is -2.52. The van der Waals surface area contributed by atoms with Crippen molar-refractivity contribution in [2.24, 2.45) is 5.73 Å². The van der Waals surface area contributed by atoms with Crippen LogP contribution in [0.1, 0.15) is 36.7 Å². The summed E-state index contributed by atoms with van der Waals surface area (Å²) in [5.74, 6) is -0.369. The van der Waals surface area contributed by atoms with E-state index in [1.54, 1.807) is 4.90 Å². The van der Waals surface area contributed by atoms with Gasteiger partial charge in [-0.15, -0.1) is 0 Å². The SMILES string of the molecule is CC(N)C1CCCCN1C(=O)c1cccn1CC(F)(F)F. The van der Waals surface area contributed by atoms with E-state index in [-0.39, 0.29) is 23.7 Å². The number of halogens is 3. The number of aromatic nitrogens is 1. The summed E-state index contributed by atoms with van der Waals surface area (Å²) in [6.45, 7) is 1.21. The molecule has 118 valence electrons. The summed E-state index contributed by atoms with van der Waals surface area (Å²) < 4.78 is 38.6. The highest BCUT2D eigenvalue weighted by Crippen LogP contribution is 2.23. The van der Waals surface area contributed by atoms with Crippen LogP contribution in [0.5, 0.6) is 0 Å². The Bertz CT molecular complexity index is 496. The molecule has 1 aromatic heterocycles. The third kappa shape index (κ3) is 3.78. The highest BCUT2D eigenvalue weighted by Gasteiger charge is 2.33. The molecule has 0 radical (unpaired) electrons. The number of alkyl halides is 3. The first-order chi connectivity index (χ1) is 9.79. The average Bonchev–Trinajstić information content (AvgIpc) is 2.83. The van der Waals surface area contributed by atoms with Crippen molar-refractivity contribution in [3.05, 3.63) is 24.0 Å².